The standard InChI is InChI=1S/C11H16BrNO2/c1-2-3-4-5-6-13-8-9(12)7-10(13)11(14)15/h7-8H,2-6H2,1H3,(H,14,15). The molecule has 0 atom stereocenters. The van der Waals surface area contributed by atoms with Crippen molar-refractivity contribution in [1.29, 1.82) is 0 Å². The fourth-order valence-corrected chi connectivity index (χ4v) is 2.01. The summed E-state index contributed by atoms with van der Waals surface area (Å²) in [4.78, 5) is 10.9. The summed E-state index contributed by atoms with van der Waals surface area (Å²) in [5.74, 6) is -0.865. The second kappa shape index (κ2) is 5.95. The van der Waals surface area contributed by atoms with E-state index in [0.717, 1.165) is 23.9 Å². The predicted molar refractivity (Wildman–Crippen MR) is 63.2 cm³/mol. The molecule has 0 radical (unpaired) electrons. The molecule has 1 heterocycles. The number of carboxylic acid groups (broad SMARTS) is 1. The van der Waals surface area contributed by atoms with E-state index in [0.29, 0.717) is 5.69 Å². The predicted octanol–water partition coefficient (Wildman–Crippen LogP) is 3.53. The minimum absolute atomic E-state index is 0.360. The van der Waals surface area contributed by atoms with Crippen LogP contribution in [0.15, 0.2) is 16.7 Å². The molecule has 0 aliphatic carbocycles. The Morgan fingerprint density at radius 3 is 2.80 bits per heavy atom. The molecule has 84 valence electrons. The Morgan fingerprint density at radius 1 is 1.47 bits per heavy atom. The van der Waals surface area contributed by atoms with Crippen molar-refractivity contribution in [3.05, 3.63) is 22.4 Å². The average molecular weight is 274 g/mol. The molecule has 0 aliphatic heterocycles. The zero-order valence-electron chi connectivity index (χ0n) is 8.87. The third-order valence-electron chi connectivity index (χ3n) is 2.33. The normalized spacial score (nSPS) is 10.5. The van der Waals surface area contributed by atoms with Gasteiger partial charge in [-0.3, -0.25) is 0 Å². The second-order valence-electron chi connectivity index (χ2n) is 3.60. The maximum absolute atomic E-state index is 10.9. The first kappa shape index (κ1) is 12.3. The molecule has 1 aromatic heterocycles. The van der Waals surface area contributed by atoms with Crippen molar-refractivity contribution in [3.63, 3.8) is 0 Å². The number of hydrogen-bond donors (Lipinski definition) is 1. The van der Waals surface area contributed by atoms with Crippen molar-refractivity contribution in [2.24, 2.45) is 0 Å². The lowest BCUT2D eigenvalue weighted by molar-refractivity contribution is 0.0685. The van der Waals surface area contributed by atoms with Gasteiger partial charge in [-0.1, -0.05) is 26.2 Å². The molecule has 3 nitrogen and oxygen atoms in total. The quantitative estimate of drug-likeness (QED) is 0.806. The molecule has 0 saturated carbocycles. The highest BCUT2D eigenvalue weighted by Gasteiger charge is 2.10. The fourth-order valence-electron chi connectivity index (χ4n) is 1.55. The van der Waals surface area contributed by atoms with Crippen molar-refractivity contribution in [3.8, 4) is 0 Å². The van der Waals surface area contributed by atoms with Crippen LogP contribution in [-0.2, 0) is 6.54 Å². The minimum Gasteiger partial charge on any atom is -0.477 e. The van der Waals surface area contributed by atoms with E-state index in [1.54, 1.807) is 10.6 Å². The smallest absolute Gasteiger partial charge is 0.352 e. The molecule has 0 saturated heterocycles. The third-order valence-corrected chi connectivity index (χ3v) is 2.77. The van der Waals surface area contributed by atoms with Crippen LogP contribution < -0.4 is 0 Å². The summed E-state index contributed by atoms with van der Waals surface area (Å²) in [7, 11) is 0. The van der Waals surface area contributed by atoms with Gasteiger partial charge in [0.15, 0.2) is 0 Å². The summed E-state index contributed by atoms with van der Waals surface area (Å²) in [6.45, 7) is 2.95. The molecule has 0 aromatic carbocycles. The zero-order chi connectivity index (χ0) is 11.3. The van der Waals surface area contributed by atoms with Crippen LogP contribution in [0.1, 0.15) is 43.1 Å². The zero-order valence-corrected chi connectivity index (χ0v) is 10.5. The van der Waals surface area contributed by atoms with Gasteiger partial charge < -0.3 is 9.67 Å². The first-order valence-electron chi connectivity index (χ1n) is 5.24. The number of carbonyl (C=O) groups is 1. The SMILES string of the molecule is CCCCCCn1cc(Br)cc1C(=O)O. The Morgan fingerprint density at radius 2 is 2.20 bits per heavy atom. The van der Waals surface area contributed by atoms with E-state index >= 15 is 0 Å². The topological polar surface area (TPSA) is 42.2 Å². The molecule has 0 bridgehead atoms. The molecule has 4 heteroatoms. The number of nitrogens with zero attached hydrogens (tertiary/aromatic N) is 1. The van der Waals surface area contributed by atoms with Crippen LogP contribution in [-0.4, -0.2) is 15.6 Å². The maximum atomic E-state index is 10.9. The number of halogens is 1. The Kier molecular flexibility index (Phi) is 4.88. The lowest BCUT2D eigenvalue weighted by Crippen LogP contribution is -2.07. The summed E-state index contributed by atoms with van der Waals surface area (Å²) in [6, 6.07) is 1.64. The number of aromatic nitrogens is 1. The fraction of sp³-hybridized carbons (Fsp3) is 0.545. The van der Waals surface area contributed by atoms with Crippen molar-refractivity contribution >= 4 is 21.9 Å². The van der Waals surface area contributed by atoms with E-state index in [-0.39, 0.29) is 0 Å². The molecule has 0 fully saturated rings. The first-order chi connectivity index (χ1) is 7.15. The Hall–Kier alpha value is -0.770. The highest BCUT2D eigenvalue weighted by atomic mass is 79.9. The molecule has 1 N–H and O–H groups in total. The van der Waals surface area contributed by atoms with Crippen LogP contribution in [0.3, 0.4) is 0 Å². The maximum Gasteiger partial charge on any atom is 0.352 e. The van der Waals surface area contributed by atoms with Gasteiger partial charge in [-0.15, -0.1) is 0 Å². The molecule has 0 unspecified atom stereocenters. The molecule has 1 rings (SSSR count). The lowest BCUT2D eigenvalue weighted by Gasteiger charge is -2.05. The molecule has 0 spiro atoms. The van der Waals surface area contributed by atoms with Gasteiger partial charge in [-0.25, -0.2) is 4.79 Å². The Labute approximate surface area is 98.2 Å². The van der Waals surface area contributed by atoms with E-state index in [4.69, 9.17) is 5.11 Å². The van der Waals surface area contributed by atoms with Gasteiger partial charge in [-0.2, -0.15) is 0 Å². The number of aryl methyl sites for hydroxylation is 1. The van der Waals surface area contributed by atoms with Crippen molar-refractivity contribution in [2.75, 3.05) is 0 Å². The van der Waals surface area contributed by atoms with Gasteiger partial charge in [0.1, 0.15) is 5.69 Å². The monoisotopic (exact) mass is 273 g/mol. The highest BCUT2D eigenvalue weighted by molar-refractivity contribution is 9.10. The van der Waals surface area contributed by atoms with Crippen molar-refractivity contribution < 1.29 is 9.90 Å². The first-order valence-corrected chi connectivity index (χ1v) is 6.03. The number of hydrogen-bond acceptors (Lipinski definition) is 1. The summed E-state index contributed by atoms with van der Waals surface area (Å²) < 4.78 is 2.62. The average Bonchev–Trinajstić information content (AvgIpc) is 2.55. The van der Waals surface area contributed by atoms with Gasteiger partial charge in [-0.05, 0) is 28.4 Å². The van der Waals surface area contributed by atoms with E-state index in [9.17, 15) is 4.79 Å². The second-order valence-corrected chi connectivity index (χ2v) is 4.52. The molecule has 15 heavy (non-hydrogen) atoms. The molecular weight excluding hydrogens is 258 g/mol. The van der Waals surface area contributed by atoms with E-state index < -0.39 is 5.97 Å². The largest absolute Gasteiger partial charge is 0.477 e. The summed E-state index contributed by atoms with van der Waals surface area (Å²) in [5, 5.41) is 8.94. The van der Waals surface area contributed by atoms with Crippen LogP contribution in [0, 0.1) is 0 Å². The number of rotatable bonds is 6. The van der Waals surface area contributed by atoms with Crippen LogP contribution in [0.25, 0.3) is 0 Å². The summed E-state index contributed by atoms with van der Waals surface area (Å²) in [6.07, 6.45) is 6.43. The van der Waals surface area contributed by atoms with E-state index in [2.05, 4.69) is 22.9 Å². The highest BCUT2D eigenvalue weighted by Crippen LogP contribution is 2.16. The van der Waals surface area contributed by atoms with Crippen LogP contribution in [0.4, 0.5) is 0 Å². The van der Waals surface area contributed by atoms with Crippen molar-refractivity contribution in [2.45, 2.75) is 39.2 Å². The van der Waals surface area contributed by atoms with E-state index in [1.807, 2.05) is 6.20 Å². The molecule has 1 aromatic rings. The third kappa shape index (κ3) is 3.70. The lowest BCUT2D eigenvalue weighted by atomic mass is 10.2. The molecular formula is C11H16BrNO2. The molecule has 0 amide bonds. The number of carboxylic acids is 1. The van der Waals surface area contributed by atoms with Gasteiger partial charge in [0.05, 0.1) is 0 Å². The number of unbranched alkanes of at least 4 members (excludes halogenated alkanes) is 3. The minimum atomic E-state index is -0.865. The van der Waals surface area contributed by atoms with E-state index in [1.165, 1.54) is 12.8 Å². The summed E-state index contributed by atoms with van der Waals surface area (Å²) in [5.41, 5.74) is 0.360. The van der Waals surface area contributed by atoms with Gasteiger partial charge in [0.25, 0.3) is 0 Å². The summed E-state index contributed by atoms with van der Waals surface area (Å²) >= 11 is 3.29. The Balaban J connectivity index is 2.55. The van der Waals surface area contributed by atoms with Crippen LogP contribution in [0.5, 0.6) is 0 Å². The van der Waals surface area contributed by atoms with Crippen LogP contribution >= 0.6 is 15.9 Å². The van der Waals surface area contributed by atoms with Crippen LogP contribution in [0.2, 0.25) is 0 Å². The van der Waals surface area contributed by atoms with Gasteiger partial charge in [0.2, 0.25) is 0 Å². The van der Waals surface area contributed by atoms with Gasteiger partial charge >= 0.3 is 5.97 Å². The Bertz CT molecular complexity index is 333. The molecule has 0 aliphatic rings. The van der Waals surface area contributed by atoms with Crippen molar-refractivity contribution in [1.82, 2.24) is 4.57 Å². The number of aromatic carboxylic acids is 1. The van der Waals surface area contributed by atoms with Gasteiger partial charge in [0, 0.05) is 17.2 Å².